The number of carbonyl (C=O) groups is 1. The molecule has 2 atom stereocenters. The molecule has 0 bridgehead atoms. The van der Waals surface area contributed by atoms with E-state index in [2.05, 4.69) is 19.2 Å². The van der Waals surface area contributed by atoms with E-state index in [4.69, 9.17) is 10.5 Å². The predicted molar refractivity (Wildman–Crippen MR) is 81.7 cm³/mol. The van der Waals surface area contributed by atoms with Crippen LogP contribution in [0.4, 0.5) is 0 Å². The second kappa shape index (κ2) is 7.90. The molecule has 1 aromatic rings. The van der Waals surface area contributed by atoms with Crippen molar-refractivity contribution < 1.29 is 9.53 Å². The van der Waals surface area contributed by atoms with E-state index in [1.54, 1.807) is 7.11 Å². The van der Waals surface area contributed by atoms with Crippen molar-refractivity contribution in [2.75, 3.05) is 7.11 Å². The number of rotatable bonds is 7. The lowest BCUT2D eigenvalue weighted by Crippen LogP contribution is -2.45. The Balaban J connectivity index is 2.55. The fraction of sp³-hybridized carbons (Fsp3) is 0.562. The Labute approximate surface area is 121 Å². The molecule has 0 saturated carbocycles. The van der Waals surface area contributed by atoms with Gasteiger partial charge in [0, 0.05) is 6.04 Å². The number of methoxy groups -OCH3 is 1. The van der Waals surface area contributed by atoms with E-state index in [1.807, 2.05) is 31.2 Å². The predicted octanol–water partition coefficient (Wildman–Crippen LogP) is 2.12. The molecule has 0 aliphatic rings. The first-order chi connectivity index (χ1) is 9.43. The highest BCUT2D eigenvalue weighted by Gasteiger charge is 2.17. The third-order valence-corrected chi connectivity index (χ3v) is 3.17. The highest BCUT2D eigenvalue weighted by Crippen LogP contribution is 2.18. The molecule has 0 aliphatic carbocycles. The maximum absolute atomic E-state index is 12.0. The van der Waals surface area contributed by atoms with Crippen molar-refractivity contribution in [3.8, 4) is 5.75 Å². The van der Waals surface area contributed by atoms with Gasteiger partial charge in [-0.1, -0.05) is 32.0 Å². The number of hydrogen-bond donors (Lipinski definition) is 2. The molecule has 0 aromatic heterocycles. The first-order valence-electron chi connectivity index (χ1n) is 7.11. The summed E-state index contributed by atoms with van der Waals surface area (Å²) >= 11 is 0. The Bertz CT molecular complexity index is 432. The lowest BCUT2D eigenvalue weighted by atomic mass is 10.0. The number of amides is 1. The number of carbonyl (C=O) groups excluding carboxylic acids is 1. The summed E-state index contributed by atoms with van der Waals surface area (Å²) in [5.74, 6) is 1.18. The van der Waals surface area contributed by atoms with Gasteiger partial charge >= 0.3 is 0 Å². The van der Waals surface area contributed by atoms with Crippen LogP contribution in [0.15, 0.2) is 24.3 Å². The van der Waals surface area contributed by atoms with Crippen LogP contribution in [0.5, 0.6) is 5.75 Å². The molecule has 0 radical (unpaired) electrons. The van der Waals surface area contributed by atoms with Crippen molar-refractivity contribution >= 4 is 5.91 Å². The third kappa shape index (κ3) is 5.21. The zero-order chi connectivity index (χ0) is 15.1. The summed E-state index contributed by atoms with van der Waals surface area (Å²) in [6, 6.07) is 7.43. The summed E-state index contributed by atoms with van der Waals surface area (Å²) in [5.41, 5.74) is 6.96. The largest absolute Gasteiger partial charge is 0.496 e. The molecule has 0 heterocycles. The van der Waals surface area contributed by atoms with Crippen molar-refractivity contribution in [3.63, 3.8) is 0 Å². The molecular formula is C16H26N2O2. The van der Waals surface area contributed by atoms with E-state index in [-0.39, 0.29) is 11.9 Å². The minimum Gasteiger partial charge on any atom is -0.496 e. The van der Waals surface area contributed by atoms with Gasteiger partial charge in [-0.25, -0.2) is 0 Å². The van der Waals surface area contributed by atoms with Crippen molar-refractivity contribution in [2.45, 2.75) is 45.7 Å². The van der Waals surface area contributed by atoms with Gasteiger partial charge in [0.2, 0.25) is 5.91 Å². The molecule has 3 N–H and O–H groups in total. The van der Waals surface area contributed by atoms with Crippen LogP contribution in [0.2, 0.25) is 0 Å². The minimum absolute atomic E-state index is 0.0250. The molecule has 4 nitrogen and oxygen atoms in total. The SMILES string of the molecule is COc1ccccc1CC(C)NC(=O)C(N)CC(C)C. The van der Waals surface area contributed by atoms with E-state index in [0.29, 0.717) is 12.3 Å². The van der Waals surface area contributed by atoms with Crippen LogP contribution in [-0.4, -0.2) is 25.1 Å². The Morgan fingerprint density at radius 3 is 2.55 bits per heavy atom. The smallest absolute Gasteiger partial charge is 0.237 e. The molecule has 0 aliphatic heterocycles. The van der Waals surface area contributed by atoms with E-state index >= 15 is 0 Å². The number of benzene rings is 1. The van der Waals surface area contributed by atoms with E-state index in [9.17, 15) is 4.79 Å². The molecule has 0 saturated heterocycles. The zero-order valence-electron chi connectivity index (χ0n) is 12.8. The molecular weight excluding hydrogens is 252 g/mol. The third-order valence-electron chi connectivity index (χ3n) is 3.17. The molecule has 20 heavy (non-hydrogen) atoms. The molecule has 1 aromatic carbocycles. The monoisotopic (exact) mass is 278 g/mol. The number of nitrogens with one attached hydrogen (secondary N) is 1. The Morgan fingerprint density at radius 1 is 1.30 bits per heavy atom. The van der Waals surface area contributed by atoms with Crippen molar-refractivity contribution in [1.29, 1.82) is 0 Å². The van der Waals surface area contributed by atoms with E-state index < -0.39 is 6.04 Å². The van der Waals surface area contributed by atoms with Crippen LogP contribution in [0, 0.1) is 5.92 Å². The highest BCUT2D eigenvalue weighted by atomic mass is 16.5. The van der Waals surface area contributed by atoms with Crippen molar-refractivity contribution in [2.24, 2.45) is 11.7 Å². The maximum atomic E-state index is 12.0. The molecule has 2 unspecified atom stereocenters. The highest BCUT2D eigenvalue weighted by molar-refractivity contribution is 5.81. The van der Waals surface area contributed by atoms with Gasteiger partial charge in [-0.3, -0.25) is 4.79 Å². The quantitative estimate of drug-likeness (QED) is 0.803. The summed E-state index contributed by atoms with van der Waals surface area (Å²) in [6.07, 6.45) is 1.43. The van der Waals surface area contributed by atoms with Gasteiger partial charge in [-0.15, -0.1) is 0 Å². The van der Waals surface area contributed by atoms with Gasteiger partial charge < -0.3 is 15.8 Å². The van der Waals surface area contributed by atoms with Crippen LogP contribution in [-0.2, 0) is 11.2 Å². The van der Waals surface area contributed by atoms with Gasteiger partial charge in [0.1, 0.15) is 5.75 Å². The number of para-hydroxylation sites is 1. The Kier molecular flexibility index (Phi) is 6.52. The zero-order valence-corrected chi connectivity index (χ0v) is 12.8. The van der Waals surface area contributed by atoms with Gasteiger partial charge in [0.25, 0.3) is 0 Å². The molecule has 1 amide bonds. The molecule has 112 valence electrons. The fourth-order valence-electron chi connectivity index (χ4n) is 2.22. The molecule has 0 fully saturated rings. The average Bonchev–Trinajstić information content (AvgIpc) is 2.38. The molecule has 0 spiro atoms. The molecule has 4 heteroatoms. The van der Waals surface area contributed by atoms with Gasteiger partial charge in [-0.05, 0) is 37.3 Å². The number of nitrogens with two attached hydrogens (primary N) is 1. The minimum atomic E-state index is -0.435. The summed E-state index contributed by atoms with van der Waals surface area (Å²) < 4.78 is 5.31. The van der Waals surface area contributed by atoms with Gasteiger partial charge in [-0.2, -0.15) is 0 Å². The second-order valence-electron chi connectivity index (χ2n) is 5.66. The summed E-state index contributed by atoms with van der Waals surface area (Å²) in [7, 11) is 1.65. The lowest BCUT2D eigenvalue weighted by Gasteiger charge is -2.19. The molecule has 1 rings (SSSR count). The number of hydrogen-bond acceptors (Lipinski definition) is 3. The topological polar surface area (TPSA) is 64.3 Å². The Hall–Kier alpha value is -1.55. The number of ether oxygens (including phenoxy) is 1. The van der Waals surface area contributed by atoms with E-state index in [1.165, 1.54) is 0 Å². The second-order valence-corrected chi connectivity index (χ2v) is 5.66. The Morgan fingerprint density at radius 2 is 1.95 bits per heavy atom. The van der Waals surface area contributed by atoms with Crippen molar-refractivity contribution in [1.82, 2.24) is 5.32 Å². The van der Waals surface area contributed by atoms with E-state index in [0.717, 1.165) is 17.7 Å². The average molecular weight is 278 g/mol. The van der Waals surface area contributed by atoms with Gasteiger partial charge in [0.15, 0.2) is 0 Å². The lowest BCUT2D eigenvalue weighted by molar-refractivity contribution is -0.123. The summed E-state index contributed by atoms with van der Waals surface area (Å²) in [5, 5.41) is 2.97. The maximum Gasteiger partial charge on any atom is 0.237 e. The first-order valence-corrected chi connectivity index (χ1v) is 7.11. The summed E-state index contributed by atoms with van der Waals surface area (Å²) in [4.78, 5) is 12.0. The van der Waals surface area contributed by atoms with Crippen LogP contribution in [0.1, 0.15) is 32.8 Å². The van der Waals surface area contributed by atoms with Crippen molar-refractivity contribution in [3.05, 3.63) is 29.8 Å². The summed E-state index contributed by atoms with van der Waals surface area (Å²) in [6.45, 7) is 6.10. The normalized spacial score (nSPS) is 13.9. The van der Waals surface area contributed by atoms with Crippen LogP contribution in [0.3, 0.4) is 0 Å². The van der Waals surface area contributed by atoms with Crippen LogP contribution < -0.4 is 15.8 Å². The van der Waals surface area contributed by atoms with Crippen LogP contribution in [0.25, 0.3) is 0 Å². The van der Waals surface area contributed by atoms with Crippen LogP contribution >= 0.6 is 0 Å². The fourth-order valence-corrected chi connectivity index (χ4v) is 2.22. The van der Waals surface area contributed by atoms with Gasteiger partial charge in [0.05, 0.1) is 13.2 Å². The first kappa shape index (κ1) is 16.5. The standard InChI is InChI=1S/C16H26N2O2/c1-11(2)9-14(17)16(19)18-12(3)10-13-7-5-6-8-15(13)20-4/h5-8,11-12,14H,9-10,17H2,1-4H3,(H,18,19).